The van der Waals surface area contributed by atoms with E-state index in [4.69, 9.17) is 14.2 Å². The molecule has 0 aliphatic carbocycles. The zero-order valence-electron chi connectivity index (χ0n) is 14.4. The molecule has 1 fully saturated rings. The van der Waals surface area contributed by atoms with Crippen LogP contribution in [0.2, 0.25) is 0 Å². The van der Waals surface area contributed by atoms with Crippen LogP contribution in [0, 0.1) is 0 Å². The molecule has 0 spiro atoms. The zero-order valence-corrected chi connectivity index (χ0v) is 16.6. The van der Waals surface area contributed by atoms with Crippen LogP contribution in [-0.2, 0) is 20.8 Å². The molecule has 1 aliphatic heterocycles. The maximum atomic E-state index is 14.7. The van der Waals surface area contributed by atoms with Crippen LogP contribution in [0.5, 0.6) is 0 Å². The summed E-state index contributed by atoms with van der Waals surface area (Å²) in [5.74, 6) is -0.587. The molecule has 1 N–H and O–H groups in total. The number of carbonyl (C=O) groups excluding carboxylic acids is 1. The van der Waals surface area contributed by atoms with E-state index in [1.165, 1.54) is 0 Å². The molecule has 0 aromatic heterocycles. The third-order valence-electron chi connectivity index (χ3n) is 4.28. The average molecular weight is 486 g/mol. The zero-order chi connectivity index (χ0) is 19.2. The standard InChI is InChI=1S/C20H20FIO5/c21-16-18(25-12-13-7-3-1-4-8-13)17(15(11-22)26-20(16)24)27-19(23)14-9-5-2-6-10-14/h1-10,15-18,20,24H,11-12H2/t15-,16-,17-,18-,20?/m1/s1. The third-order valence-corrected chi connectivity index (χ3v) is 5.15. The first kappa shape index (κ1) is 20.2. The minimum Gasteiger partial charge on any atom is -0.453 e. The van der Waals surface area contributed by atoms with Crippen molar-refractivity contribution in [2.75, 3.05) is 4.43 Å². The molecule has 1 unspecified atom stereocenters. The first-order valence-electron chi connectivity index (χ1n) is 8.55. The molecule has 144 valence electrons. The quantitative estimate of drug-likeness (QED) is 0.386. The largest absolute Gasteiger partial charge is 0.453 e. The number of benzene rings is 2. The Bertz CT molecular complexity index is 730. The highest BCUT2D eigenvalue weighted by atomic mass is 127. The molecule has 0 amide bonds. The van der Waals surface area contributed by atoms with Crippen LogP contribution in [0.15, 0.2) is 60.7 Å². The molecule has 2 aromatic rings. The van der Waals surface area contributed by atoms with Gasteiger partial charge in [0.15, 0.2) is 18.6 Å². The van der Waals surface area contributed by atoms with Gasteiger partial charge >= 0.3 is 5.97 Å². The van der Waals surface area contributed by atoms with Gasteiger partial charge < -0.3 is 19.3 Å². The van der Waals surface area contributed by atoms with Gasteiger partial charge in [0.25, 0.3) is 0 Å². The smallest absolute Gasteiger partial charge is 0.338 e. The Balaban J connectivity index is 1.77. The Labute approximate surface area is 170 Å². The van der Waals surface area contributed by atoms with Gasteiger partial charge in [-0.3, -0.25) is 0 Å². The molecule has 2 aromatic carbocycles. The van der Waals surface area contributed by atoms with Crippen LogP contribution in [0.4, 0.5) is 4.39 Å². The lowest BCUT2D eigenvalue weighted by atomic mass is 10.00. The van der Waals surface area contributed by atoms with Gasteiger partial charge in [0, 0.05) is 4.43 Å². The second kappa shape index (κ2) is 9.59. The molecule has 3 rings (SSSR count). The van der Waals surface area contributed by atoms with E-state index in [9.17, 15) is 14.3 Å². The second-order valence-corrected chi connectivity index (χ2v) is 7.04. The maximum Gasteiger partial charge on any atom is 0.338 e. The van der Waals surface area contributed by atoms with Gasteiger partial charge in [0.2, 0.25) is 0 Å². The minimum atomic E-state index is -1.83. The van der Waals surface area contributed by atoms with E-state index in [1.54, 1.807) is 30.3 Å². The molecule has 0 radical (unpaired) electrons. The number of hydrogen-bond acceptors (Lipinski definition) is 5. The van der Waals surface area contributed by atoms with Crippen LogP contribution < -0.4 is 0 Å². The summed E-state index contributed by atoms with van der Waals surface area (Å²) in [4.78, 5) is 12.5. The lowest BCUT2D eigenvalue weighted by molar-refractivity contribution is -0.269. The molecule has 5 nitrogen and oxygen atoms in total. The number of esters is 1. The van der Waals surface area contributed by atoms with Crippen molar-refractivity contribution in [1.82, 2.24) is 0 Å². The number of aliphatic hydroxyl groups is 1. The van der Waals surface area contributed by atoms with Crippen molar-refractivity contribution < 1.29 is 28.5 Å². The topological polar surface area (TPSA) is 65.0 Å². The van der Waals surface area contributed by atoms with E-state index in [0.29, 0.717) is 9.99 Å². The number of halogens is 2. The van der Waals surface area contributed by atoms with Gasteiger partial charge in [0.1, 0.15) is 12.2 Å². The van der Waals surface area contributed by atoms with Crippen molar-refractivity contribution in [2.45, 2.75) is 37.4 Å². The number of aliphatic hydroxyl groups excluding tert-OH is 1. The summed E-state index contributed by atoms with van der Waals surface area (Å²) in [7, 11) is 0. The number of alkyl halides is 2. The van der Waals surface area contributed by atoms with Gasteiger partial charge in [-0.15, -0.1) is 0 Å². The van der Waals surface area contributed by atoms with Crippen molar-refractivity contribution in [2.24, 2.45) is 0 Å². The SMILES string of the molecule is O=C(O[C@H]1[C@H](OCc2ccccc2)[C@@H](F)C(O)O[C@@H]1CI)c1ccccc1. The van der Waals surface area contributed by atoms with E-state index >= 15 is 0 Å². The highest BCUT2D eigenvalue weighted by Crippen LogP contribution is 2.29. The van der Waals surface area contributed by atoms with Crippen molar-refractivity contribution in [3.05, 3.63) is 71.8 Å². The normalized spacial score (nSPS) is 27.9. The summed E-state index contributed by atoms with van der Waals surface area (Å²) in [6.07, 6.45) is -6.25. The van der Waals surface area contributed by atoms with E-state index < -0.39 is 36.7 Å². The lowest BCUT2D eigenvalue weighted by Crippen LogP contribution is -2.58. The predicted octanol–water partition coefficient (Wildman–Crippen LogP) is 3.29. The van der Waals surface area contributed by atoms with Crippen LogP contribution >= 0.6 is 22.6 Å². The summed E-state index contributed by atoms with van der Waals surface area (Å²) < 4.78 is 31.7. The third kappa shape index (κ3) is 5.04. The lowest BCUT2D eigenvalue weighted by Gasteiger charge is -2.40. The van der Waals surface area contributed by atoms with E-state index in [2.05, 4.69) is 0 Å². The molecular formula is C20H20FIO5. The fraction of sp³-hybridized carbons (Fsp3) is 0.350. The van der Waals surface area contributed by atoms with Crippen LogP contribution in [0.25, 0.3) is 0 Å². The van der Waals surface area contributed by atoms with Gasteiger partial charge in [-0.25, -0.2) is 9.18 Å². The molecule has 0 saturated carbocycles. The Hall–Kier alpha value is -1.55. The van der Waals surface area contributed by atoms with E-state index in [-0.39, 0.29) is 6.61 Å². The number of carbonyl (C=O) groups is 1. The number of rotatable bonds is 6. The fourth-order valence-electron chi connectivity index (χ4n) is 2.87. The summed E-state index contributed by atoms with van der Waals surface area (Å²) in [5.41, 5.74) is 1.21. The fourth-order valence-corrected chi connectivity index (χ4v) is 3.58. The first-order valence-corrected chi connectivity index (χ1v) is 10.1. The van der Waals surface area contributed by atoms with Gasteiger partial charge in [-0.1, -0.05) is 71.1 Å². The summed E-state index contributed by atoms with van der Waals surface area (Å²) in [5, 5.41) is 9.89. The van der Waals surface area contributed by atoms with Crippen LogP contribution in [0.1, 0.15) is 15.9 Å². The van der Waals surface area contributed by atoms with Gasteiger partial charge in [0.05, 0.1) is 12.2 Å². The van der Waals surface area contributed by atoms with Gasteiger partial charge in [-0.2, -0.15) is 0 Å². The molecule has 1 saturated heterocycles. The average Bonchev–Trinajstić information content (AvgIpc) is 2.71. The molecule has 27 heavy (non-hydrogen) atoms. The van der Waals surface area contributed by atoms with Crippen LogP contribution in [-0.4, -0.2) is 46.3 Å². The van der Waals surface area contributed by atoms with E-state index in [1.807, 2.05) is 52.9 Å². The number of ether oxygens (including phenoxy) is 3. The summed E-state index contributed by atoms with van der Waals surface area (Å²) >= 11 is 2.05. The van der Waals surface area contributed by atoms with Crippen molar-refractivity contribution in [3.8, 4) is 0 Å². The minimum absolute atomic E-state index is 0.131. The molecular weight excluding hydrogens is 466 g/mol. The van der Waals surface area contributed by atoms with E-state index in [0.717, 1.165) is 5.56 Å². The Morgan fingerprint density at radius 1 is 1.07 bits per heavy atom. The van der Waals surface area contributed by atoms with Crippen molar-refractivity contribution in [3.63, 3.8) is 0 Å². The second-order valence-electron chi connectivity index (χ2n) is 6.16. The molecule has 1 aliphatic rings. The van der Waals surface area contributed by atoms with Crippen molar-refractivity contribution in [1.29, 1.82) is 0 Å². The molecule has 1 heterocycles. The summed E-state index contributed by atoms with van der Waals surface area (Å²) in [6, 6.07) is 17.7. The first-order chi connectivity index (χ1) is 13.1. The molecule has 5 atom stereocenters. The Kier molecular flexibility index (Phi) is 7.17. The Morgan fingerprint density at radius 3 is 2.33 bits per heavy atom. The number of hydrogen-bond donors (Lipinski definition) is 1. The highest BCUT2D eigenvalue weighted by molar-refractivity contribution is 14.1. The predicted molar refractivity (Wildman–Crippen MR) is 105 cm³/mol. The summed E-state index contributed by atoms with van der Waals surface area (Å²) in [6.45, 7) is 0.131. The highest BCUT2D eigenvalue weighted by Gasteiger charge is 2.48. The van der Waals surface area contributed by atoms with Crippen LogP contribution in [0.3, 0.4) is 0 Å². The monoisotopic (exact) mass is 486 g/mol. The van der Waals surface area contributed by atoms with Crippen molar-refractivity contribution >= 4 is 28.6 Å². The Morgan fingerprint density at radius 2 is 1.70 bits per heavy atom. The molecule has 0 bridgehead atoms. The maximum absolute atomic E-state index is 14.7. The molecule has 7 heteroatoms. The van der Waals surface area contributed by atoms with Gasteiger partial charge in [-0.05, 0) is 17.7 Å².